The van der Waals surface area contributed by atoms with Crippen LogP contribution in [0.3, 0.4) is 0 Å². The Labute approximate surface area is 129 Å². The summed E-state index contributed by atoms with van der Waals surface area (Å²) in [7, 11) is -3.74. The smallest absolute Gasteiger partial charge is 0.263 e. The molecule has 0 aliphatic carbocycles. The predicted molar refractivity (Wildman–Crippen MR) is 82.2 cm³/mol. The maximum Gasteiger partial charge on any atom is 0.263 e. The summed E-state index contributed by atoms with van der Waals surface area (Å²) in [5, 5.41) is 4.13. The predicted octanol–water partition coefficient (Wildman–Crippen LogP) is 3.73. The third-order valence-electron chi connectivity index (χ3n) is 2.94. The van der Waals surface area contributed by atoms with Crippen molar-refractivity contribution in [3.8, 4) is 0 Å². The second-order valence-electron chi connectivity index (χ2n) is 5.84. The summed E-state index contributed by atoms with van der Waals surface area (Å²) in [6.45, 7) is 7.65. The zero-order chi connectivity index (χ0) is 15.8. The van der Waals surface area contributed by atoms with E-state index in [0.717, 1.165) is 5.56 Å². The second kappa shape index (κ2) is 5.35. The lowest BCUT2D eigenvalue weighted by Gasteiger charge is -2.12. The van der Waals surface area contributed by atoms with Gasteiger partial charge in [0.05, 0.1) is 4.90 Å². The fraction of sp³-hybridized carbons (Fsp3) is 0.357. The maximum atomic E-state index is 12.3. The van der Waals surface area contributed by atoms with Crippen LogP contribution in [0.1, 0.15) is 32.1 Å². The lowest BCUT2D eigenvalue weighted by atomic mass is 9.93. The van der Waals surface area contributed by atoms with E-state index in [2.05, 4.69) is 9.88 Å². The van der Waals surface area contributed by atoms with Crippen molar-refractivity contribution in [3.63, 3.8) is 0 Å². The quantitative estimate of drug-likeness (QED) is 0.931. The van der Waals surface area contributed by atoms with Crippen molar-refractivity contribution in [2.75, 3.05) is 4.72 Å². The molecule has 114 valence electrons. The molecule has 0 aliphatic heterocycles. The number of sulfonamides is 1. The van der Waals surface area contributed by atoms with E-state index in [1.807, 2.05) is 20.8 Å². The van der Waals surface area contributed by atoms with Gasteiger partial charge in [0.1, 0.15) is 5.76 Å². The van der Waals surface area contributed by atoms with E-state index in [0.29, 0.717) is 10.8 Å². The molecule has 2 rings (SSSR count). The Morgan fingerprint density at radius 2 is 1.90 bits per heavy atom. The van der Waals surface area contributed by atoms with Gasteiger partial charge in [-0.05, 0) is 24.6 Å². The standard InChI is InChI=1S/C14H17ClN2O3S/c1-9-5-6-10(7-11(9)15)21(18,19)17-13-8-12(20-16-13)14(2,3)4/h5-8H,1-4H3,(H,16,17). The third kappa shape index (κ3) is 3.57. The van der Waals surface area contributed by atoms with Gasteiger partial charge < -0.3 is 4.52 Å². The summed E-state index contributed by atoms with van der Waals surface area (Å²) in [5.41, 5.74) is 0.566. The topological polar surface area (TPSA) is 72.2 Å². The van der Waals surface area contributed by atoms with Crippen LogP contribution in [0.25, 0.3) is 0 Å². The van der Waals surface area contributed by atoms with E-state index in [4.69, 9.17) is 16.1 Å². The minimum Gasteiger partial charge on any atom is -0.359 e. The lowest BCUT2D eigenvalue weighted by molar-refractivity contribution is 0.331. The Kier molecular flexibility index (Phi) is 4.04. The van der Waals surface area contributed by atoms with E-state index in [9.17, 15) is 8.42 Å². The highest BCUT2D eigenvalue weighted by Crippen LogP contribution is 2.26. The number of rotatable bonds is 3. The molecule has 1 aromatic carbocycles. The lowest BCUT2D eigenvalue weighted by Crippen LogP contribution is -2.13. The Hall–Kier alpha value is -1.53. The molecule has 0 saturated carbocycles. The van der Waals surface area contributed by atoms with Gasteiger partial charge >= 0.3 is 0 Å². The van der Waals surface area contributed by atoms with Crippen LogP contribution in [0.2, 0.25) is 5.02 Å². The number of aromatic nitrogens is 1. The van der Waals surface area contributed by atoms with Gasteiger partial charge in [0.25, 0.3) is 10.0 Å². The highest BCUT2D eigenvalue weighted by atomic mass is 35.5. The average molecular weight is 329 g/mol. The number of anilines is 1. The molecule has 0 bridgehead atoms. The molecule has 0 unspecified atom stereocenters. The number of aryl methyl sites for hydroxylation is 1. The number of nitrogens with zero attached hydrogens (tertiary/aromatic N) is 1. The largest absolute Gasteiger partial charge is 0.359 e. The fourth-order valence-corrected chi connectivity index (χ4v) is 2.87. The van der Waals surface area contributed by atoms with Crippen molar-refractivity contribution in [2.24, 2.45) is 0 Å². The van der Waals surface area contributed by atoms with Gasteiger partial charge in [0.15, 0.2) is 5.82 Å². The van der Waals surface area contributed by atoms with Crippen LogP contribution in [0.5, 0.6) is 0 Å². The molecule has 21 heavy (non-hydrogen) atoms. The number of nitrogens with one attached hydrogen (secondary N) is 1. The first-order valence-electron chi connectivity index (χ1n) is 6.36. The minimum atomic E-state index is -3.74. The molecular formula is C14H17ClN2O3S. The summed E-state index contributed by atoms with van der Waals surface area (Å²) in [4.78, 5) is 0.0819. The highest BCUT2D eigenvalue weighted by molar-refractivity contribution is 7.92. The molecule has 0 saturated heterocycles. The summed E-state index contributed by atoms with van der Waals surface area (Å²) in [5.74, 6) is 0.749. The van der Waals surface area contributed by atoms with E-state index in [1.54, 1.807) is 19.1 Å². The van der Waals surface area contributed by atoms with Crippen LogP contribution in [0.15, 0.2) is 33.7 Å². The van der Waals surface area contributed by atoms with E-state index < -0.39 is 10.0 Å². The SMILES string of the molecule is Cc1ccc(S(=O)(=O)Nc2cc(C(C)(C)C)on2)cc1Cl. The van der Waals surface area contributed by atoms with Crippen LogP contribution in [0.4, 0.5) is 5.82 Å². The van der Waals surface area contributed by atoms with Gasteiger partial charge in [-0.1, -0.05) is 43.6 Å². The number of hydrogen-bond donors (Lipinski definition) is 1. The summed E-state index contributed by atoms with van der Waals surface area (Å²) < 4.78 is 32.1. The summed E-state index contributed by atoms with van der Waals surface area (Å²) in [6.07, 6.45) is 0. The molecule has 1 heterocycles. The number of halogens is 1. The molecular weight excluding hydrogens is 312 g/mol. The van der Waals surface area contributed by atoms with Gasteiger partial charge in [-0.15, -0.1) is 0 Å². The molecule has 0 aliphatic rings. The van der Waals surface area contributed by atoms with Gasteiger partial charge in [-0.3, -0.25) is 4.72 Å². The van der Waals surface area contributed by atoms with Gasteiger partial charge in [0, 0.05) is 16.5 Å². The Morgan fingerprint density at radius 3 is 2.43 bits per heavy atom. The van der Waals surface area contributed by atoms with Crippen molar-refractivity contribution >= 4 is 27.4 Å². The van der Waals surface area contributed by atoms with Crippen LogP contribution < -0.4 is 4.72 Å². The van der Waals surface area contributed by atoms with Crippen LogP contribution in [-0.4, -0.2) is 13.6 Å². The maximum absolute atomic E-state index is 12.3. The van der Waals surface area contributed by atoms with E-state index in [1.165, 1.54) is 12.1 Å². The minimum absolute atomic E-state index is 0.0819. The Morgan fingerprint density at radius 1 is 1.24 bits per heavy atom. The molecule has 1 aromatic heterocycles. The first kappa shape index (κ1) is 15.9. The molecule has 0 spiro atoms. The van der Waals surface area contributed by atoms with Crippen LogP contribution in [0, 0.1) is 6.92 Å². The molecule has 5 nitrogen and oxygen atoms in total. The zero-order valence-electron chi connectivity index (χ0n) is 12.3. The second-order valence-corrected chi connectivity index (χ2v) is 7.93. The van der Waals surface area contributed by atoms with Crippen molar-refractivity contribution in [2.45, 2.75) is 38.0 Å². The molecule has 0 radical (unpaired) electrons. The summed E-state index contributed by atoms with van der Waals surface area (Å²) in [6, 6.07) is 6.13. The van der Waals surface area contributed by atoms with Gasteiger partial charge in [0.2, 0.25) is 0 Å². The van der Waals surface area contributed by atoms with Crippen molar-refractivity contribution in [1.82, 2.24) is 5.16 Å². The monoisotopic (exact) mass is 328 g/mol. The molecule has 7 heteroatoms. The first-order valence-corrected chi connectivity index (χ1v) is 8.22. The Bertz CT molecular complexity index is 761. The molecule has 1 N–H and O–H groups in total. The normalized spacial score (nSPS) is 12.4. The van der Waals surface area contributed by atoms with Crippen LogP contribution >= 0.6 is 11.6 Å². The van der Waals surface area contributed by atoms with Gasteiger partial charge in [-0.25, -0.2) is 8.42 Å². The molecule has 0 fully saturated rings. The van der Waals surface area contributed by atoms with Crippen molar-refractivity contribution in [3.05, 3.63) is 40.6 Å². The fourth-order valence-electron chi connectivity index (χ4n) is 1.61. The third-order valence-corrected chi connectivity index (χ3v) is 4.70. The van der Waals surface area contributed by atoms with Crippen molar-refractivity contribution < 1.29 is 12.9 Å². The van der Waals surface area contributed by atoms with Crippen LogP contribution in [-0.2, 0) is 15.4 Å². The molecule has 2 aromatic rings. The van der Waals surface area contributed by atoms with Gasteiger partial charge in [-0.2, -0.15) is 0 Å². The first-order chi connectivity index (χ1) is 9.59. The molecule has 0 atom stereocenters. The Balaban J connectivity index is 2.29. The molecule has 0 amide bonds. The number of hydrogen-bond acceptors (Lipinski definition) is 4. The van der Waals surface area contributed by atoms with Crippen molar-refractivity contribution in [1.29, 1.82) is 0 Å². The zero-order valence-corrected chi connectivity index (χ0v) is 13.8. The number of benzene rings is 1. The average Bonchev–Trinajstić information content (AvgIpc) is 2.80. The van der Waals surface area contributed by atoms with E-state index >= 15 is 0 Å². The highest BCUT2D eigenvalue weighted by Gasteiger charge is 2.22. The van der Waals surface area contributed by atoms with E-state index in [-0.39, 0.29) is 16.1 Å². The summed E-state index contributed by atoms with van der Waals surface area (Å²) >= 11 is 5.96.